The summed E-state index contributed by atoms with van der Waals surface area (Å²) in [5.41, 5.74) is 0.190. The first kappa shape index (κ1) is 12.2. The van der Waals surface area contributed by atoms with Gasteiger partial charge in [0, 0.05) is 9.85 Å². The number of aryl methyl sites for hydroxylation is 1. The Morgan fingerprint density at radius 2 is 2.29 bits per heavy atom. The second kappa shape index (κ2) is 4.93. The van der Waals surface area contributed by atoms with Gasteiger partial charge in [0.15, 0.2) is 17.3 Å². The molecule has 1 heterocycles. The maximum atomic E-state index is 13.4. The van der Waals surface area contributed by atoms with Crippen molar-refractivity contribution in [2.75, 3.05) is 0 Å². The molecule has 0 radical (unpaired) electrons. The van der Waals surface area contributed by atoms with Gasteiger partial charge in [-0.05, 0) is 25.1 Å². The molecule has 88 valence electrons. The van der Waals surface area contributed by atoms with Crippen molar-refractivity contribution in [1.82, 2.24) is 4.98 Å². The van der Waals surface area contributed by atoms with Crippen LogP contribution in [0.5, 0.6) is 5.75 Å². The van der Waals surface area contributed by atoms with E-state index in [0.717, 1.165) is 5.01 Å². The maximum absolute atomic E-state index is 13.4. The lowest BCUT2D eigenvalue weighted by molar-refractivity contribution is 0.0722. The summed E-state index contributed by atoms with van der Waals surface area (Å²) in [6.45, 7) is 1.78. The van der Waals surface area contributed by atoms with E-state index in [0.29, 0.717) is 4.47 Å². The summed E-state index contributed by atoms with van der Waals surface area (Å²) in [6.07, 6.45) is 0. The van der Waals surface area contributed by atoms with E-state index in [2.05, 4.69) is 20.9 Å². The third-order valence-corrected chi connectivity index (χ3v) is 3.19. The number of benzene rings is 1. The third kappa shape index (κ3) is 2.89. The average molecular weight is 316 g/mol. The fraction of sp³-hybridized carbons (Fsp3) is 0.0909. The molecule has 3 nitrogen and oxygen atoms in total. The van der Waals surface area contributed by atoms with E-state index in [9.17, 15) is 9.18 Å². The fourth-order valence-electron chi connectivity index (χ4n) is 1.17. The van der Waals surface area contributed by atoms with Crippen LogP contribution in [0.25, 0.3) is 0 Å². The first-order chi connectivity index (χ1) is 8.06. The van der Waals surface area contributed by atoms with Gasteiger partial charge < -0.3 is 4.74 Å². The molecule has 0 aliphatic heterocycles. The standard InChI is InChI=1S/C11H7BrFNO2S/c1-6-14-9(5-17-6)11(15)16-10-3-2-7(12)4-8(10)13/h2-5H,1H3. The molecule has 2 aromatic rings. The van der Waals surface area contributed by atoms with Gasteiger partial charge in [0.2, 0.25) is 0 Å². The molecule has 0 spiro atoms. The van der Waals surface area contributed by atoms with Gasteiger partial charge in [0.1, 0.15) is 0 Å². The van der Waals surface area contributed by atoms with E-state index in [1.807, 2.05) is 0 Å². The molecule has 1 aromatic heterocycles. The molecule has 0 saturated carbocycles. The molecular weight excluding hydrogens is 309 g/mol. The van der Waals surface area contributed by atoms with Crippen LogP contribution in [-0.4, -0.2) is 11.0 Å². The molecule has 17 heavy (non-hydrogen) atoms. The van der Waals surface area contributed by atoms with Crippen LogP contribution in [0.4, 0.5) is 4.39 Å². The molecule has 0 amide bonds. The first-order valence-electron chi connectivity index (χ1n) is 4.65. The Morgan fingerprint density at radius 1 is 1.53 bits per heavy atom. The Balaban J connectivity index is 2.18. The number of nitrogens with zero attached hydrogens (tertiary/aromatic N) is 1. The predicted molar refractivity (Wildman–Crippen MR) is 65.9 cm³/mol. The summed E-state index contributed by atoms with van der Waals surface area (Å²) in [6, 6.07) is 4.21. The Hall–Kier alpha value is -1.27. The molecule has 0 N–H and O–H groups in total. The second-order valence-electron chi connectivity index (χ2n) is 3.22. The van der Waals surface area contributed by atoms with Gasteiger partial charge in [-0.1, -0.05) is 15.9 Å². The summed E-state index contributed by atoms with van der Waals surface area (Å²) in [7, 11) is 0. The normalized spacial score (nSPS) is 10.3. The molecule has 0 atom stereocenters. The Kier molecular flexibility index (Phi) is 3.54. The Morgan fingerprint density at radius 3 is 2.88 bits per heavy atom. The zero-order chi connectivity index (χ0) is 12.4. The minimum absolute atomic E-state index is 0.108. The molecule has 0 unspecified atom stereocenters. The fourth-order valence-corrected chi connectivity index (χ4v) is 2.08. The van der Waals surface area contributed by atoms with Crippen molar-refractivity contribution in [1.29, 1.82) is 0 Å². The van der Waals surface area contributed by atoms with Gasteiger partial charge in [0.05, 0.1) is 5.01 Å². The number of hydrogen-bond acceptors (Lipinski definition) is 4. The minimum Gasteiger partial charge on any atom is -0.419 e. The quantitative estimate of drug-likeness (QED) is 0.628. The third-order valence-electron chi connectivity index (χ3n) is 1.92. The van der Waals surface area contributed by atoms with Crippen LogP contribution in [0.3, 0.4) is 0 Å². The van der Waals surface area contributed by atoms with Crippen LogP contribution in [0.1, 0.15) is 15.5 Å². The number of halogens is 2. The van der Waals surface area contributed by atoms with Crippen molar-refractivity contribution in [3.63, 3.8) is 0 Å². The molecule has 0 fully saturated rings. The molecule has 2 rings (SSSR count). The molecular formula is C11H7BrFNO2S. The van der Waals surface area contributed by atoms with Gasteiger partial charge in [-0.3, -0.25) is 0 Å². The highest BCUT2D eigenvalue weighted by molar-refractivity contribution is 9.10. The molecule has 1 aromatic carbocycles. The van der Waals surface area contributed by atoms with Crippen molar-refractivity contribution in [3.05, 3.63) is 44.6 Å². The zero-order valence-corrected chi connectivity index (χ0v) is 11.1. The smallest absolute Gasteiger partial charge is 0.363 e. The molecule has 6 heteroatoms. The monoisotopic (exact) mass is 315 g/mol. The van der Waals surface area contributed by atoms with Crippen LogP contribution in [0, 0.1) is 12.7 Å². The largest absolute Gasteiger partial charge is 0.419 e. The molecule has 0 aliphatic carbocycles. The average Bonchev–Trinajstić information content (AvgIpc) is 2.69. The van der Waals surface area contributed by atoms with Crippen LogP contribution in [-0.2, 0) is 0 Å². The number of hydrogen-bond donors (Lipinski definition) is 0. The van der Waals surface area contributed by atoms with Crippen LogP contribution < -0.4 is 4.74 Å². The van der Waals surface area contributed by atoms with E-state index in [1.54, 1.807) is 18.4 Å². The second-order valence-corrected chi connectivity index (χ2v) is 5.19. The maximum Gasteiger partial charge on any atom is 0.363 e. The highest BCUT2D eigenvalue weighted by atomic mass is 79.9. The Labute approximate surface area is 109 Å². The van der Waals surface area contributed by atoms with Gasteiger partial charge in [-0.25, -0.2) is 14.2 Å². The summed E-state index contributed by atoms with van der Waals surface area (Å²) < 4.78 is 18.9. The lowest BCUT2D eigenvalue weighted by Crippen LogP contribution is -2.09. The summed E-state index contributed by atoms with van der Waals surface area (Å²) in [4.78, 5) is 15.6. The van der Waals surface area contributed by atoms with Crippen molar-refractivity contribution in [3.8, 4) is 5.75 Å². The summed E-state index contributed by atoms with van der Waals surface area (Å²) in [5.74, 6) is -1.36. The van der Waals surface area contributed by atoms with Crippen LogP contribution in [0.2, 0.25) is 0 Å². The van der Waals surface area contributed by atoms with Crippen molar-refractivity contribution >= 4 is 33.2 Å². The van der Waals surface area contributed by atoms with E-state index in [1.165, 1.54) is 23.5 Å². The SMILES string of the molecule is Cc1nc(C(=O)Oc2ccc(Br)cc2F)cs1. The lowest BCUT2D eigenvalue weighted by atomic mass is 10.3. The van der Waals surface area contributed by atoms with E-state index in [-0.39, 0.29) is 11.4 Å². The van der Waals surface area contributed by atoms with Crippen molar-refractivity contribution in [2.24, 2.45) is 0 Å². The summed E-state index contributed by atoms with van der Waals surface area (Å²) in [5, 5.41) is 2.34. The number of rotatable bonds is 2. The van der Waals surface area contributed by atoms with E-state index in [4.69, 9.17) is 4.74 Å². The molecule has 0 bridgehead atoms. The predicted octanol–water partition coefficient (Wildman–Crippen LogP) is 3.57. The number of thiazole rings is 1. The van der Waals surface area contributed by atoms with Gasteiger partial charge >= 0.3 is 5.97 Å². The van der Waals surface area contributed by atoms with Gasteiger partial charge in [-0.2, -0.15) is 0 Å². The highest BCUT2D eigenvalue weighted by Gasteiger charge is 2.14. The van der Waals surface area contributed by atoms with Crippen LogP contribution >= 0.6 is 27.3 Å². The number of carbonyl (C=O) groups is 1. The van der Waals surface area contributed by atoms with Crippen molar-refractivity contribution in [2.45, 2.75) is 6.92 Å². The topological polar surface area (TPSA) is 39.2 Å². The van der Waals surface area contributed by atoms with Gasteiger partial charge in [0.25, 0.3) is 0 Å². The first-order valence-corrected chi connectivity index (χ1v) is 6.33. The van der Waals surface area contributed by atoms with Gasteiger partial charge in [-0.15, -0.1) is 11.3 Å². The lowest BCUT2D eigenvalue weighted by Gasteiger charge is -2.03. The van der Waals surface area contributed by atoms with Crippen molar-refractivity contribution < 1.29 is 13.9 Å². The minimum atomic E-state index is -0.657. The number of ether oxygens (including phenoxy) is 1. The summed E-state index contributed by atoms with van der Waals surface area (Å²) >= 11 is 4.46. The highest BCUT2D eigenvalue weighted by Crippen LogP contribution is 2.22. The molecule has 0 aliphatic rings. The number of carbonyl (C=O) groups excluding carboxylic acids is 1. The zero-order valence-electron chi connectivity index (χ0n) is 8.74. The van der Waals surface area contributed by atoms with E-state index >= 15 is 0 Å². The number of aromatic nitrogens is 1. The Bertz CT molecular complexity index is 570. The van der Waals surface area contributed by atoms with E-state index < -0.39 is 11.8 Å². The number of esters is 1. The molecule has 0 saturated heterocycles. The van der Waals surface area contributed by atoms with Crippen LogP contribution in [0.15, 0.2) is 28.1 Å².